The smallest absolute Gasteiger partial charge is 0.224 e. The van der Waals surface area contributed by atoms with E-state index < -0.39 is 0 Å². The normalized spacial score (nSPS) is 11.3. The minimum Gasteiger partial charge on any atom is -0.325 e. The summed E-state index contributed by atoms with van der Waals surface area (Å²) in [5, 5.41) is 2.89. The summed E-state index contributed by atoms with van der Waals surface area (Å²) in [6.45, 7) is 8.54. The van der Waals surface area contributed by atoms with Crippen LogP contribution in [0.2, 0.25) is 0 Å². The lowest BCUT2D eigenvalue weighted by atomic mass is 9.86. The molecule has 1 heterocycles. The SMILES string of the molecule is Cc1cc(NC(=O)CCc2ccc(C(C)(C)C)cc2)cnc1Br. The van der Waals surface area contributed by atoms with Crippen molar-refractivity contribution < 1.29 is 4.79 Å². The molecule has 2 aromatic rings. The first-order valence-corrected chi connectivity index (χ1v) is 8.56. The summed E-state index contributed by atoms with van der Waals surface area (Å²) in [5.41, 5.74) is 4.38. The first-order chi connectivity index (χ1) is 10.8. The van der Waals surface area contributed by atoms with Gasteiger partial charge in [-0.15, -0.1) is 0 Å². The number of carbonyl (C=O) groups is 1. The van der Waals surface area contributed by atoms with E-state index in [1.165, 1.54) is 11.1 Å². The van der Waals surface area contributed by atoms with Crippen molar-refractivity contribution in [1.29, 1.82) is 0 Å². The monoisotopic (exact) mass is 374 g/mol. The third-order valence-corrected chi connectivity index (χ3v) is 4.59. The molecule has 1 aromatic heterocycles. The van der Waals surface area contributed by atoms with Gasteiger partial charge < -0.3 is 5.32 Å². The van der Waals surface area contributed by atoms with E-state index in [0.29, 0.717) is 6.42 Å². The van der Waals surface area contributed by atoms with Crippen molar-refractivity contribution in [1.82, 2.24) is 4.98 Å². The van der Waals surface area contributed by atoms with Crippen molar-refractivity contribution in [2.24, 2.45) is 0 Å². The molecule has 3 nitrogen and oxygen atoms in total. The Kier molecular flexibility index (Phi) is 5.58. The summed E-state index contributed by atoms with van der Waals surface area (Å²) < 4.78 is 0.800. The lowest BCUT2D eigenvalue weighted by Crippen LogP contribution is -2.13. The number of nitrogens with zero attached hydrogens (tertiary/aromatic N) is 1. The lowest BCUT2D eigenvalue weighted by molar-refractivity contribution is -0.116. The van der Waals surface area contributed by atoms with Gasteiger partial charge in [-0.25, -0.2) is 4.98 Å². The zero-order valence-corrected chi connectivity index (χ0v) is 15.7. The quantitative estimate of drug-likeness (QED) is 0.763. The second-order valence-electron chi connectivity index (χ2n) is 6.83. The van der Waals surface area contributed by atoms with Crippen LogP contribution in [0.5, 0.6) is 0 Å². The predicted molar refractivity (Wildman–Crippen MR) is 98.8 cm³/mol. The number of hydrogen-bond acceptors (Lipinski definition) is 2. The van der Waals surface area contributed by atoms with Gasteiger partial charge in [-0.1, -0.05) is 45.0 Å². The molecule has 4 heteroatoms. The Morgan fingerprint density at radius 3 is 2.43 bits per heavy atom. The topological polar surface area (TPSA) is 42.0 Å². The fraction of sp³-hybridized carbons (Fsp3) is 0.368. The summed E-state index contributed by atoms with van der Waals surface area (Å²) in [5.74, 6) is 0.00780. The summed E-state index contributed by atoms with van der Waals surface area (Å²) in [6, 6.07) is 10.4. The summed E-state index contributed by atoms with van der Waals surface area (Å²) in [4.78, 5) is 16.2. The van der Waals surface area contributed by atoms with Gasteiger partial charge in [0.25, 0.3) is 0 Å². The number of benzene rings is 1. The molecule has 0 unspecified atom stereocenters. The molecule has 0 fully saturated rings. The highest BCUT2D eigenvalue weighted by Gasteiger charge is 2.13. The summed E-state index contributed by atoms with van der Waals surface area (Å²) >= 11 is 3.35. The van der Waals surface area contributed by atoms with Crippen molar-refractivity contribution in [2.45, 2.75) is 46.0 Å². The molecule has 0 aliphatic carbocycles. The second kappa shape index (κ2) is 7.26. The first-order valence-electron chi connectivity index (χ1n) is 7.77. The van der Waals surface area contributed by atoms with Crippen LogP contribution < -0.4 is 5.32 Å². The minimum absolute atomic E-state index is 0.00780. The van der Waals surface area contributed by atoms with Gasteiger partial charge in [0.1, 0.15) is 4.60 Å². The molecule has 0 spiro atoms. The molecule has 0 saturated heterocycles. The Hall–Kier alpha value is -1.68. The van der Waals surface area contributed by atoms with Crippen LogP contribution in [0.1, 0.15) is 43.9 Å². The van der Waals surface area contributed by atoms with Crippen molar-refractivity contribution in [3.63, 3.8) is 0 Å². The second-order valence-corrected chi connectivity index (χ2v) is 7.58. The third kappa shape index (κ3) is 5.17. The van der Waals surface area contributed by atoms with Crippen LogP contribution >= 0.6 is 15.9 Å². The highest BCUT2D eigenvalue weighted by molar-refractivity contribution is 9.10. The van der Waals surface area contributed by atoms with Gasteiger partial charge >= 0.3 is 0 Å². The summed E-state index contributed by atoms with van der Waals surface area (Å²) in [7, 11) is 0. The first kappa shape index (κ1) is 17.7. The van der Waals surface area contributed by atoms with Gasteiger partial charge in [0, 0.05) is 6.42 Å². The molecule has 0 bridgehead atoms. The van der Waals surface area contributed by atoms with E-state index >= 15 is 0 Å². The van der Waals surface area contributed by atoms with E-state index in [1.54, 1.807) is 6.20 Å². The van der Waals surface area contributed by atoms with Gasteiger partial charge in [0.2, 0.25) is 5.91 Å². The van der Waals surface area contributed by atoms with Gasteiger partial charge in [0.15, 0.2) is 0 Å². The number of rotatable bonds is 4. The van der Waals surface area contributed by atoms with E-state index in [4.69, 9.17) is 0 Å². The fourth-order valence-corrected chi connectivity index (χ4v) is 2.50. The van der Waals surface area contributed by atoms with Crippen LogP contribution in [-0.4, -0.2) is 10.9 Å². The standard InChI is InChI=1S/C19H23BrN2O/c1-13-11-16(12-21-18(13)20)22-17(23)10-7-14-5-8-15(9-6-14)19(2,3)4/h5-6,8-9,11-12H,7,10H2,1-4H3,(H,22,23). The van der Waals surface area contributed by atoms with E-state index in [-0.39, 0.29) is 11.3 Å². The molecule has 0 atom stereocenters. The Balaban J connectivity index is 1.90. The van der Waals surface area contributed by atoms with Crippen LogP contribution in [0.3, 0.4) is 0 Å². The number of pyridine rings is 1. The van der Waals surface area contributed by atoms with Crippen molar-refractivity contribution >= 4 is 27.5 Å². The molecular formula is C19H23BrN2O. The Bertz CT molecular complexity index is 688. The number of aryl methyl sites for hydroxylation is 2. The molecule has 2 rings (SSSR count). The molecule has 1 amide bonds. The number of hydrogen-bond donors (Lipinski definition) is 1. The van der Waals surface area contributed by atoms with E-state index in [1.807, 2.05) is 13.0 Å². The largest absolute Gasteiger partial charge is 0.325 e. The number of nitrogens with one attached hydrogen (secondary N) is 1. The van der Waals surface area contributed by atoms with Crippen LogP contribution in [0.25, 0.3) is 0 Å². The highest BCUT2D eigenvalue weighted by atomic mass is 79.9. The van der Waals surface area contributed by atoms with Gasteiger partial charge in [0.05, 0.1) is 11.9 Å². The highest BCUT2D eigenvalue weighted by Crippen LogP contribution is 2.22. The fourth-order valence-electron chi connectivity index (χ4n) is 2.28. The zero-order valence-electron chi connectivity index (χ0n) is 14.1. The molecule has 1 aromatic carbocycles. The number of anilines is 1. The van der Waals surface area contributed by atoms with E-state index in [2.05, 4.69) is 71.3 Å². The number of halogens is 1. The van der Waals surface area contributed by atoms with Crippen LogP contribution in [0.4, 0.5) is 5.69 Å². The Morgan fingerprint density at radius 2 is 1.87 bits per heavy atom. The van der Waals surface area contributed by atoms with Crippen LogP contribution in [0.15, 0.2) is 41.1 Å². The van der Waals surface area contributed by atoms with Gasteiger partial charge in [-0.2, -0.15) is 0 Å². The zero-order chi connectivity index (χ0) is 17.0. The van der Waals surface area contributed by atoms with Gasteiger partial charge in [-0.3, -0.25) is 4.79 Å². The summed E-state index contributed by atoms with van der Waals surface area (Å²) in [6.07, 6.45) is 2.86. The molecule has 1 N–H and O–H groups in total. The Labute approximate surface area is 146 Å². The maximum Gasteiger partial charge on any atom is 0.224 e. The minimum atomic E-state index is 0.00780. The molecule has 122 valence electrons. The Morgan fingerprint density at radius 1 is 1.22 bits per heavy atom. The maximum atomic E-state index is 12.1. The molecule has 0 aliphatic rings. The van der Waals surface area contributed by atoms with E-state index in [9.17, 15) is 4.79 Å². The third-order valence-electron chi connectivity index (χ3n) is 3.76. The molecular weight excluding hydrogens is 352 g/mol. The molecule has 0 aliphatic heterocycles. The van der Waals surface area contributed by atoms with Crippen molar-refractivity contribution in [2.75, 3.05) is 5.32 Å². The van der Waals surface area contributed by atoms with E-state index in [0.717, 1.165) is 22.3 Å². The number of aromatic nitrogens is 1. The molecule has 0 saturated carbocycles. The molecule has 0 radical (unpaired) electrons. The lowest BCUT2D eigenvalue weighted by Gasteiger charge is -2.19. The average Bonchev–Trinajstić information content (AvgIpc) is 2.48. The van der Waals surface area contributed by atoms with Crippen LogP contribution in [-0.2, 0) is 16.6 Å². The van der Waals surface area contributed by atoms with Crippen LogP contribution in [0, 0.1) is 6.92 Å². The molecule has 23 heavy (non-hydrogen) atoms. The van der Waals surface area contributed by atoms with Crippen molar-refractivity contribution in [3.05, 3.63) is 57.8 Å². The number of carbonyl (C=O) groups excluding carboxylic acids is 1. The van der Waals surface area contributed by atoms with Gasteiger partial charge in [-0.05, 0) is 57.4 Å². The van der Waals surface area contributed by atoms with Crippen molar-refractivity contribution in [3.8, 4) is 0 Å². The predicted octanol–water partition coefficient (Wildman–Crippen LogP) is 5.02. The maximum absolute atomic E-state index is 12.1. The number of amides is 1. The average molecular weight is 375 g/mol.